The van der Waals surface area contributed by atoms with E-state index in [1.807, 2.05) is 23.1 Å². The van der Waals surface area contributed by atoms with E-state index in [-0.39, 0.29) is 17.5 Å². The van der Waals surface area contributed by atoms with Crippen LogP contribution < -0.4 is 9.80 Å². The molecular formula is C29H20BrClN2O4. The van der Waals surface area contributed by atoms with Crippen LogP contribution in [-0.2, 0) is 9.59 Å². The van der Waals surface area contributed by atoms with Crippen LogP contribution in [0.1, 0.15) is 33.2 Å². The highest BCUT2D eigenvalue weighted by atomic mass is 79.9. The second-order valence-corrected chi connectivity index (χ2v) is 10.8. The summed E-state index contributed by atoms with van der Waals surface area (Å²) in [4.78, 5) is 56.6. The van der Waals surface area contributed by atoms with Crippen molar-refractivity contribution in [1.82, 2.24) is 0 Å². The van der Waals surface area contributed by atoms with Gasteiger partial charge < -0.3 is 4.90 Å². The van der Waals surface area contributed by atoms with E-state index >= 15 is 0 Å². The number of hydrogen-bond donors (Lipinski definition) is 0. The lowest BCUT2D eigenvalue weighted by molar-refractivity contribution is -0.122. The second-order valence-electron chi connectivity index (χ2n) is 9.44. The fraction of sp³-hybridized carbons (Fsp3) is 0.172. The first-order valence-corrected chi connectivity index (χ1v) is 13.0. The molecule has 0 unspecified atom stereocenters. The van der Waals surface area contributed by atoms with E-state index in [0.29, 0.717) is 21.8 Å². The zero-order valence-corrected chi connectivity index (χ0v) is 21.9. The Kier molecular flexibility index (Phi) is 5.66. The van der Waals surface area contributed by atoms with Gasteiger partial charge in [-0.25, -0.2) is 4.90 Å². The molecule has 4 atom stereocenters. The number of carbonyl (C=O) groups excluding carboxylic acids is 4. The van der Waals surface area contributed by atoms with Gasteiger partial charge in [0.05, 0.1) is 23.6 Å². The van der Waals surface area contributed by atoms with Gasteiger partial charge in [-0.15, -0.1) is 0 Å². The predicted molar refractivity (Wildman–Crippen MR) is 145 cm³/mol. The number of fused-ring (bicyclic) bond motifs is 5. The minimum absolute atomic E-state index is 0.108. The van der Waals surface area contributed by atoms with E-state index in [2.05, 4.69) is 15.9 Å². The Bertz CT molecular complexity index is 1520. The number of nitrogens with zero attached hydrogens (tertiary/aromatic N) is 2. The highest BCUT2D eigenvalue weighted by Crippen LogP contribution is 2.50. The van der Waals surface area contributed by atoms with Crippen molar-refractivity contribution in [3.8, 4) is 0 Å². The average molecular weight is 576 g/mol. The van der Waals surface area contributed by atoms with Crippen LogP contribution in [0.25, 0.3) is 6.08 Å². The van der Waals surface area contributed by atoms with Gasteiger partial charge in [-0.3, -0.25) is 19.2 Å². The first-order chi connectivity index (χ1) is 17.8. The van der Waals surface area contributed by atoms with Crippen LogP contribution >= 0.6 is 27.5 Å². The highest BCUT2D eigenvalue weighted by molar-refractivity contribution is 9.10. The van der Waals surface area contributed by atoms with Gasteiger partial charge in [0, 0.05) is 26.3 Å². The van der Waals surface area contributed by atoms with Crippen molar-refractivity contribution in [2.75, 3.05) is 9.80 Å². The Balaban J connectivity index is 1.47. The summed E-state index contributed by atoms with van der Waals surface area (Å²) >= 11 is 9.74. The Morgan fingerprint density at radius 2 is 1.51 bits per heavy atom. The predicted octanol–water partition coefficient (Wildman–Crippen LogP) is 5.58. The number of imide groups is 1. The first-order valence-electron chi connectivity index (χ1n) is 11.8. The fourth-order valence-electron chi connectivity index (χ4n) is 5.72. The maximum Gasteiger partial charge on any atom is 0.240 e. The van der Waals surface area contributed by atoms with Crippen LogP contribution in [-0.4, -0.2) is 35.5 Å². The monoisotopic (exact) mass is 574 g/mol. The van der Waals surface area contributed by atoms with Gasteiger partial charge >= 0.3 is 0 Å². The molecule has 3 aromatic rings. The number of carbonyl (C=O) groups is 4. The molecule has 3 heterocycles. The number of hydrogen-bond acceptors (Lipinski definition) is 5. The molecular weight excluding hydrogens is 556 g/mol. The third-order valence-electron chi connectivity index (χ3n) is 7.40. The lowest BCUT2D eigenvalue weighted by Crippen LogP contribution is -2.48. The summed E-state index contributed by atoms with van der Waals surface area (Å²) in [7, 11) is 0. The number of ketones is 2. The first kappa shape index (κ1) is 23.8. The second kappa shape index (κ2) is 8.78. The molecule has 0 saturated carbocycles. The van der Waals surface area contributed by atoms with Gasteiger partial charge in [-0.05, 0) is 61.0 Å². The molecule has 0 spiro atoms. The van der Waals surface area contributed by atoms with Crippen molar-refractivity contribution in [2.45, 2.75) is 19.0 Å². The molecule has 0 aliphatic carbocycles. The summed E-state index contributed by atoms with van der Waals surface area (Å²) in [6.07, 6.45) is 3.81. The lowest BCUT2D eigenvalue weighted by Gasteiger charge is -2.36. The topological polar surface area (TPSA) is 74.8 Å². The van der Waals surface area contributed by atoms with Crippen molar-refractivity contribution >= 4 is 68.4 Å². The van der Waals surface area contributed by atoms with Gasteiger partial charge in [0.1, 0.15) is 6.04 Å². The van der Waals surface area contributed by atoms with Crippen LogP contribution in [0.4, 0.5) is 11.4 Å². The minimum Gasteiger partial charge on any atom is -0.352 e. The largest absolute Gasteiger partial charge is 0.352 e. The third-order valence-corrected chi connectivity index (χ3v) is 8.16. The quantitative estimate of drug-likeness (QED) is 0.300. The Labute approximate surface area is 226 Å². The molecule has 2 saturated heterocycles. The molecule has 37 heavy (non-hydrogen) atoms. The molecule has 2 amide bonds. The Morgan fingerprint density at radius 1 is 0.865 bits per heavy atom. The minimum atomic E-state index is -0.892. The van der Waals surface area contributed by atoms with E-state index < -0.39 is 29.8 Å². The summed E-state index contributed by atoms with van der Waals surface area (Å²) < 4.78 is 0.830. The molecule has 3 aromatic carbocycles. The number of benzene rings is 3. The molecule has 2 fully saturated rings. The van der Waals surface area contributed by atoms with Crippen molar-refractivity contribution in [2.24, 2.45) is 11.8 Å². The van der Waals surface area contributed by atoms with Gasteiger partial charge in [0.15, 0.2) is 11.6 Å². The normalized spacial score (nSPS) is 23.6. The Morgan fingerprint density at radius 3 is 2.19 bits per heavy atom. The Hall–Kier alpha value is -3.55. The van der Waals surface area contributed by atoms with Gasteiger partial charge in [0.2, 0.25) is 11.8 Å². The van der Waals surface area contributed by atoms with Crippen LogP contribution in [0.15, 0.2) is 77.3 Å². The average Bonchev–Trinajstić information content (AvgIpc) is 3.36. The van der Waals surface area contributed by atoms with Gasteiger partial charge in [0.25, 0.3) is 0 Å². The molecule has 3 aliphatic heterocycles. The smallest absolute Gasteiger partial charge is 0.240 e. The standard InChI is InChI=1S/C29H20BrClN2O4/c1-15(34)16-5-11-21(12-6-16)32-28(36)24-22-13-7-17-4-10-20(31)14-23(17)33(22)26(25(24)29(32)37)27(35)18-2-8-19(30)9-3-18/h2-14,22,24-26H,1H3/t22-,24+,25-,26+/m1/s1. The molecule has 184 valence electrons. The van der Waals surface area contributed by atoms with Crippen molar-refractivity contribution < 1.29 is 19.2 Å². The molecule has 6 nitrogen and oxygen atoms in total. The van der Waals surface area contributed by atoms with Crippen LogP contribution in [0, 0.1) is 11.8 Å². The van der Waals surface area contributed by atoms with Crippen LogP contribution in [0.3, 0.4) is 0 Å². The highest BCUT2D eigenvalue weighted by Gasteiger charge is 2.64. The molecule has 0 bridgehead atoms. The summed E-state index contributed by atoms with van der Waals surface area (Å²) in [5, 5.41) is 0.504. The number of halogens is 2. The maximum atomic E-state index is 14.0. The fourth-order valence-corrected chi connectivity index (χ4v) is 6.15. The van der Waals surface area contributed by atoms with Crippen molar-refractivity contribution in [3.05, 3.63) is 99.0 Å². The number of Topliss-reactive ketones (excluding diaryl/α,β-unsaturated/α-hetero) is 2. The summed E-state index contributed by atoms with van der Waals surface area (Å²) in [5.41, 5.74) is 2.92. The van der Waals surface area contributed by atoms with E-state index in [9.17, 15) is 19.2 Å². The van der Waals surface area contributed by atoms with E-state index in [4.69, 9.17) is 11.6 Å². The van der Waals surface area contributed by atoms with Crippen LogP contribution in [0.5, 0.6) is 0 Å². The summed E-state index contributed by atoms with van der Waals surface area (Å²) in [6, 6.07) is 17.4. The van der Waals surface area contributed by atoms with Gasteiger partial charge in [-0.1, -0.05) is 57.9 Å². The lowest BCUT2D eigenvalue weighted by atomic mass is 9.86. The van der Waals surface area contributed by atoms with E-state index in [0.717, 1.165) is 15.7 Å². The third kappa shape index (κ3) is 3.68. The molecule has 0 N–H and O–H groups in total. The number of amides is 2. The molecule has 0 aromatic heterocycles. The SMILES string of the molecule is CC(=O)c1ccc(N2C(=O)[C@@H]3[C@@H](C2=O)[C@@H](C(=O)c2ccc(Br)cc2)N2c4cc(Cl)ccc4C=C[C@H]32)cc1. The van der Waals surface area contributed by atoms with Crippen LogP contribution in [0.2, 0.25) is 5.02 Å². The zero-order chi connectivity index (χ0) is 26.0. The number of rotatable bonds is 4. The summed E-state index contributed by atoms with van der Waals surface area (Å²) in [6.45, 7) is 1.46. The van der Waals surface area contributed by atoms with Crippen molar-refractivity contribution in [3.63, 3.8) is 0 Å². The molecule has 3 aliphatic rings. The maximum absolute atomic E-state index is 14.0. The van der Waals surface area contributed by atoms with E-state index in [1.165, 1.54) is 11.8 Å². The van der Waals surface area contributed by atoms with Crippen molar-refractivity contribution in [1.29, 1.82) is 0 Å². The molecule has 6 rings (SSSR count). The molecule has 8 heteroatoms. The summed E-state index contributed by atoms with van der Waals surface area (Å²) in [5.74, 6) is -2.75. The molecule has 0 radical (unpaired) electrons. The van der Waals surface area contributed by atoms with Gasteiger partial charge in [-0.2, -0.15) is 0 Å². The van der Waals surface area contributed by atoms with E-state index in [1.54, 1.807) is 60.7 Å². The number of anilines is 2. The zero-order valence-electron chi connectivity index (χ0n) is 19.6.